The minimum Gasteiger partial charge on any atom is -0.322 e. The molecule has 102 valence electrons. The van der Waals surface area contributed by atoms with E-state index in [9.17, 15) is 4.79 Å². The van der Waals surface area contributed by atoms with Crippen molar-refractivity contribution in [3.8, 4) is 0 Å². The molecular formula is C15H19NOS2. The molecule has 0 bridgehead atoms. The number of aromatic nitrogens is 1. The summed E-state index contributed by atoms with van der Waals surface area (Å²) in [7, 11) is 0. The molecule has 2 rings (SSSR count). The predicted octanol–water partition coefficient (Wildman–Crippen LogP) is 4.34. The molecule has 0 aliphatic rings. The first-order chi connectivity index (χ1) is 9.19. The SMILES string of the molecule is CCSC(SCC)c1c(C)c2ccccc2[nH]c1=O. The number of rotatable bonds is 5. The average molecular weight is 293 g/mol. The minimum atomic E-state index is 0.0584. The Labute approximate surface area is 122 Å². The van der Waals surface area contributed by atoms with Crippen LogP contribution in [0.1, 0.15) is 29.6 Å². The summed E-state index contributed by atoms with van der Waals surface area (Å²) in [6.45, 7) is 6.34. The van der Waals surface area contributed by atoms with Gasteiger partial charge in [0.25, 0.3) is 5.56 Å². The van der Waals surface area contributed by atoms with Gasteiger partial charge < -0.3 is 4.98 Å². The highest BCUT2D eigenvalue weighted by molar-refractivity contribution is 8.16. The first kappa shape index (κ1) is 14.5. The third-order valence-corrected chi connectivity index (χ3v) is 5.66. The van der Waals surface area contributed by atoms with E-state index in [2.05, 4.69) is 31.8 Å². The van der Waals surface area contributed by atoms with Gasteiger partial charge in [0.1, 0.15) is 0 Å². The van der Waals surface area contributed by atoms with Crippen molar-refractivity contribution in [2.75, 3.05) is 11.5 Å². The van der Waals surface area contributed by atoms with E-state index in [0.717, 1.165) is 33.5 Å². The average Bonchev–Trinajstić information content (AvgIpc) is 2.39. The van der Waals surface area contributed by atoms with Crippen molar-refractivity contribution in [3.63, 3.8) is 0 Å². The lowest BCUT2D eigenvalue weighted by Crippen LogP contribution is -2.16. The molecule has 4 heteroatoms. The number of para-hydroxylation sites is 1. The molecule has 0 spiro atoms. The van der Waals surface area contributed by atoms with E-state index < -0.39 is 0 Å². The summed E-state index contributed by atoms with van der Waals surface area (Å²) in [6, 6.07) is 8.01. The van der Waals surface area contributed by atoms with Crippen LogP contribution in [0.15, 0.2) is 29.1 Å². The Hall–Kier alpha value is -0.870. The van der Waals surface area contributed by atoms with Gasteiger partial charge >= 0.3 is 0 Å². The Morgan fingerprint density at radius 3 is 2.42 bits per heavy atom. The Bertz CT molecular complexity index is 615. The van der Waals surface area contributed by atoms with E-state index in [1.54, 1.807) is 0 Å². The van der Waals surface area contributed by atoms with Gasteiger partial charge in [-0.05, 0) is 30.1 Å². The fourth-order valence-corrected chi connectivity index (χ4v) is 4.93. The second-order valence-electron chi connectivity index (χ2n) is 4.28. The minimum absolute atomic E-state index is 0.0584. The molecule has 0 aliphatic carbocycles. The molecule has 0 saturated carbocycles. The highest BCUT2D eigenvalue weighted by Crippen LogP contribution is 2.39. The number of fused-ring (bicyclic) bond motifs is 1. The molecule has 0 aliphatic heterocycles. The van der Waals surface area contributed by atoms with Gasteiger partial charge in [0, 0.05) is 16.5 Å². The second kappa shape index (κ2) is 6.53. The zero-order chi connectivity index (χ0) is 13.8. The van der Waals surface area contributed by atoms with Crippen LogP contribution in [0.3, 0.4) is 0 Å². The molecule has 1 aromatic carbocycles. The maximum atomic E-state index is 12.4. The predicted molar refractivity (Wildman–Crippen MR) is 88.3 cm³/mol. The smallest absolute Gasteiger partial charge is 0.253 e. The van der Waals surface area contributed by atoms with E-state index in [1.165, 1.54) is 0 Å². The summed E-state index contributed by atoms with van der Waals surface area (Å²) >= 11 is 3.67. The monoisotopic (exact) mass is 293 g/mol. The Balaban J connectivity index is 2.61. The first-order valence-corrected chi connectivity index (χ1v) is 8.63. The molecule has 1 aromatic heterocycles. The van der Waals surface area contributed by atoms with Crippen LogP contribution in [-0.4, -0.2) is 16.5 Å². The molecular weight excluding hydrogens is 274 g/mol. The number of hydrogen-bond acceptors (Lipinski definition) is 3. The largest absolute Gasteiger partial charge is 0.322 e. The van der Waals surface area contributed by atoms with Gasteiger partial charge in [0.2, 0.25) is 0 Å². The van der Waals surface area contributed by atoms with Crippen molar-refractivity contribution in [1.82, 2.24) is 4.98 Å². The van der Waals surface area contributed by atoms with Crippen LogP contribution < -0.4 is 5.56 Å². The maximum Gasteiger partial charge on any atom is 0.253 e. The molecule has 2 nitrogen and oxygen atoms in total. The summed E-state index contributed by atoms with van der Waals surface area (Å²) in [6.07, 6.45) is 0. The molecule has 2 aromatic rings. The van der Waals surface area contributed by atoms with Crippen molar-refractivity contribution in [1.29, 1.82) is 0 Å². The summed E-state index contributed by atoms with van der Waals surface area (Å²) in [5.41, 5.74) is 3.03. The number of nitrogens with one attached hydrogen (secondary N) is 1. The lowest BCUT2D eigenvalue weighted by atomic mass is 10.1. The quantitative estimate of drug-likeness (QED) is 0.832. The standard InChI is InChI=1S/C15H19NOS2/c1-4-18-15(19-5-2)13-10(3)11-8-6-7-9-12(11)16-14(13)17/h6-9,15H,4-5H2,1-3H3,(H,16,17). The van der Waals surface area contributed by atoms with Crippen LogP contribution in [0.25, 0.3) is 10.9 Å². The van der Waals surface area contributed by atoms with Gasteiger partial charge in [-0.25, -0.2) is 0 Å². The summed E-state index contributed by atoms with van der Waals surface area (Å²) < 4.78 is 0.225. The summed E-state index contributed by atoms with van der Waals surface area (Å²) in [5, 5.41) is 1.15. The van der Waals surface area contributed by atoms with Crippen LogP contribution in [0.5, 0.6) is 0 Å². The third-order valence-electron chi connectivity index (χ3n) is 3.10. The van der Waals surface area contributed by atoms with Gasteiger partial charge in [-0.3, -0.25) is 4.79 Å². The zero-order valence-corrected chi connectivity index (χ0v) is 13.2. The fourth-order valence-electron chi connectivity index (χ4n) is 2.23. The maximum absolute atomic E-state index is 12.4. The van der Waals surface area contributed by atoms with E-state index in [4.69, 9.17) is 0 Å². The third kappa shape index (κ3) is 3.00. The molecule has 0 saturated heterocycles. The second-order valence-corrected chi connectivity index (χ2v) is 7.34. The topological polar surface area (TPSA) is 32.9 Å². The zero-order valence-electron chi connectivity index (χ0n) is 11.5. The van der Waals surface area contributed by atoms with Crippen LogP contribution >= 0.6 is 23.5 Å². The van der Waals surface area contributed by atoms with E-state index >= 15 is 0 Å². The number of thioether (sulfide) groups is 2. The van der Waals surface area contributed by atoms with Crippen LogP contribution in [-0.2, 0) is 0 Å². The van der Waals surface area contributed by atoms with Crippen molar-refractivity contribution < 1.29 is 0 Å². The van der Waals surface area contributed by atoms with Crippen molar-refractivity contribution in [2.24, 2.45) is 0 Å². The molecule has 19 heavy (non-hydrogen) atoms. The number of aromatic amines is 1. The molecule has 1 heterocycles. The number of pyridine rings is 1. The molecule has 0 fully saturated rings. The van der Waals surface area contributed by atoms with Crippen molar-refractivity contribution >= 4 is 34.4 Å². The van der Waals surface area contributed by atoms with Gasteiger partial charge in [-0.15, -0.1) is 23.5 Å². The number of hydrogen-bond donors (Lipinski definition) is 1. The number of H-pyrrole nitrogens is 1. The fraction of sp³-hybridized carbons (Fsp3) is 0.400. The van der Waals surface area contributed by atoms with Gasteiger partial charge in [-0.1, -0.05) is 32.0 Å². The lowest BCUT2D eigenvalue weighted by molar-refractivity contribution is 1.16. The van der Waals surface area contributed by atoms with Crippen LogP contribution in [0, 0.1) is 6.92 Å². The summed E-state index contributed by atoms with van der Waals surface area (Å²) in [4.78, 5) is 15.4. The van der Waals surface area contributed by atoms with Crippen molar-refractivity contribution in [2.45, 2.75) is 25.4 Å². The Kier molecular flexibility index (Phi) is 4.99. The van der Waals surface area contributed by atoms with E-state index in [-0.39, 0.29) is 10.1 Å². The lowest BCUT2D eigenvalue weighted by Gasteiger charge is -2.17. The van der Waals surface area contributed by atoms with Gasteiger partial charge in [0.05, 0.1) is 4.58 Å². The molecule has 0 radical (unpaired) electrons. The van der Waals surface area contributed by atoms with Gasteiger partial charge in [0.15, 0.2) is 0 Å². The Morgan fingerprint density at radius 1 is 1.16 bits per heavy atom. The van der Waals surface area contributed by atoms with Crippen molar-refractivity contribution in [3.05, 3.63) is 45.7 Å². The highest BCUT2D eigenvalue weighted by atomic mass is 32.2. The molecule has 1 N–H and O–H groups in total. The van der Waals surface area contributed by atoms with Crippen LogP contribution in [0.2, 0.25) is 0 Å². The summed E-state index contributed by atoms with van der Waals surface area (Å²) in [5.74, 6) is 2.03. The number of aryl methyl sites for hydroxylation is 1. The van der Waals surface area contributed by atoms with E-state index in [0.29, 0.717) is 0 Å². The normalized spacial score (nSPS) is 11.4. The van der Waals surface area contributed by atoms with Gasteiger partial charge in [-0.2, -0.15) is 0 Å². The molecule has 0 unspecified atom stereocenters. The molecule has 0 atom stereocenters. The first-order valence-electron chi connectivity index (χ1n) is 6.53. The Morgan fingerprint density at radius 2 is 1.79 bits per heavy atom. The number of benzene rings is 1. The van der Waals surface area contributed by atoms with E-state index in [1.807, 2.05) is 41.7 Å². The molecule has 0 amide bonds. The highest BCUT2D eigenvalue weighted by Gasteiger charge is 2.19. The van der Waals surface area contributed by atoms with Crippen LogP contribution in [0.4, 0.5) is 0 Å².